The first-order chi connectivity index (χ1) is 18.6. The van der Waals surface area contributed by atoms with Gasteiger partial charge in [0.15, 0.2) is 23.0 Å². The number of aryl methyl sites for hydroxylation is 1. The van der Waals surface area contributed by atoms with Crippen molar-refractivity contribution in [2.24, 2.45) is 0 Å². The Bertz CT molecular complexity index is 934. The molecule has 1 heterocycles. The van der Waals surface area contributed by atoms with Gasteiger partial charge in [-0.25, -0.2) is 0 Å². The molecule has 0 amide bonds. The Morgan fingerprint density at radius 3 is 1.79 bits per heavy atom. The molecule has 2 aromatic carbocycles. The molecule has 0 aromatic heterocycles. The van der Waals surface area contributed by atoms with Gasteiger partial charge in [-0.3, -0.25) is 0 Å². The van der Waals surface area contributed by atoms with Gasteiger partial charge in [0.25, 0.3) is 0 Å². The third-order valence-electron chi connectivity index (χ3n) is 6.37. The van der Waals surface area contributed by atoms with Crippen molar-refractivity contribution in [2.75, 3.05) is 52.9 Å². The number of ether oxygens (including phenoxy) is 6. The Kier molecular flexibility index (Phi) is 13.5. The van der Waals surface area contributed by atoms with E-state index in [1.54, 1.807) is 0 Å². The average molecular weight is 533 g/mol. The van der Waals surface area contributed by atoms with Crippen LogP contribution in [-0.4, -0.2) is 69.2 Å². The second kappa shape index (κ2) is 17.1. The number of aliphatic hydroxyl groups excluding tert-OH is 2. The van der Waals surface area contributed by atoms with Crippen LogP contribution in [0.5, 0.6) is 23.0 Å². The largest absolute Gasteiger partial charge is 0.487 e. The number of aliphatic hydroxyl groups is 2. The maximum absolute atomic E-state index is 10.5. The number of rotatable bonds is 8. The van der Waals surface area contributed by atoms with Crippen LogP contribution < -0.4 is 18.9 Å². The zero-order chi connectivity index (χ0) is 27.0. The number of hydrogen-bond donors (Lipinski definition) is 2. The fraction of sp³-hybridized carbons (Fsp3) is 0.600. The second-order valence-corrected chi connectivity index (χ2v) is 9.36. The van der Waals surface area contributed by atoms with Crippen molar-refractivity contribution in [3.63, 3.8) is 0 Å². The van der Waals surface area contributed by atoms with Gasteiger partial charge in [-0.2, -0.15) is 0 Å². The molecule has 0 saturated carbocycles. The molecule has 2 N–H and O–H groups in total. The van der Waals surface area contributed by atoms with Gasteiger partial charge >= 0.3 is 0 Å². The molecule has 2 atom stereocenters. The van der Waals surface area contributed by atoms with Crippen molar-refractivity contribution in [1.82, 2.24) is 0 Å². The van der Waals surface area contributed by atoms with Crippen LogP contribution >= 0.6 is 0 Å². The minimum Gasteiger partial charge on any atom is -0.487 e. The molecule has 0 unspecified atom stereocenters. The third kappa shape index (κ3) is 10.3. The molecule has 1 aliphatic heterocycles. The highest BCUT2D eigenvalue weighted by molar-refractivity contribution is 5.44. The van der Waals surface area contributed by atoms with Crippen molar-refractivity contribution in [1.29, 1.82) is 0 Å². The van der Waals surface area contributed by atoms with Crippen molar-refractivity contribution in [2.45, 2.75) is 64.6 Å². The predicted molar refractivity (Wildman–Crippen MR) is 146 cm³/mol. The van der Waals surface area contributed by atoms with Gasteiger partial charge in [-0.15, -0.1) is 0 Å². The Morgan fingerprint density at radius 2 is 1.21 bits per heavy atom. The normalized spacial score (nSPS) is 17.2. The first-order valence-corrected chi connectivity index (χ1v) is 13.9. The lowest BCUT2D eigenvalue weighted by Gasteiger charge is -2.18. The molecule has 8 nitrogen and oxygen atoms in total. The molecule has 3 rings (SSSR count). The average Bonchev–Trinajstić information content (AvgIpc) is 2.94. The Balaban J connectivity index is 1.60. The van der Waals surface area contributed by atoms with E-state index in [2.05, 4.69) is 6.92 Å². The van der Waals surface area contributed by atoms with Crippen molar-refractivity contribution < 1.29 is 38.6 Å². The number of fused-ring (bicyclic) bond motifs is 2. The minimum atomic E-state index is -0.534. The molecular weight excluding hydrogens is 488 g/mol. The summed E-state index contributed by atoms with van der Waals surface area (Å²) in [6.45, 7) is 7.10. The molecular formula is C30H44O8. The summed E-state index contributed by atoms with van der Waals surface area (Å²) in [6, 6.07) is 11.4. The van der Waals surface area contributed by atoms with E-state index in [9.17, 15) is 10.2 Å². The summed E-state index contributed by atoms with van der Waals surface area (Å²) >= 11 is 0. The van der Waals surface area contributed by atoms with E-state index in [1.807, 2.05) is 43.3 Å². The molecule has 2 aromatic rings. The Hall–Kier alpha value is -2.52. The maximum atomic E-state index is 10.5. The van der Waals surface area contributed by atoms with Gasteiger partial charge in [-0.05, 0) is 61.1 Å². The highest BCUT2D eigenvalue weighted by Gasteiger charge is 2.14. The smallest absolute Gasteiger partial charge is 0.161 e. The van der Waals surface area contributed by atoms with Gasteiger partial charge in [-0.1, -0.05) is 38.8 Å². The van der Waals surface area contributed by atoms with Crippen LogP contribution in [0.15, 0.2) is 36.4 Å². The van der Waals surface area contributed by atoms with E-state index in [1.165, 1.54) is 0 Å². The third-order valence-corrected chi connectivity index (χ3v) is 6.37. The standard InChI is InChI=1S/C30H44O8/c1-3-5-6-26(32)24-9-12-28-30(22-24)38-20-16-34-15-19-37-29-21-23(7-10-25(31)4-2)8-11-27(29)35-17-13-33-14-18-36-28/h8-9,11-12,21-22,25-26,31-32H,3-7,10,13-20H2,1-2H3/t25-,26-/m0/s1. The first-order valence-electron chi connectivity index (χ1n) is 13.9. The molecule has 0 bridgehead atoms. The van der Waals surface area contributed by atoms with E-state index in [-0.39, 0.29) is 6.10 Å². The van der Waals surface area contributed by atoms with Gasteiger partial charge in [0.2, 0.25) is 0 Å². The van der Waals surface area contributed by atoms with Crippen LogP contribution in [0, 0.1) is 0 Å². The first kappa shape index (κ1) is 30.0. The quantitative estimate of drug-likeness (QED) is 0.497. The highest BCUT2D eigenvalue weighted by atomic mass is 16.6. The molecule has 1 aliphatic rings. The summed E-state index contributed by atoms with van der Waals surface area (Å²) in [7, 11) is 0. The van der Waals surface area contributed by atoms with Crippen molar-refractivity contribution in [3.05, 3.63) is 47.5 Å². The zero-order valence-corrected chi connectivity index (χ0v) is 22.9. The lowest BCUT2D eigenvalue weighted by molar-refractivity contribution is 0.0638. The van der Waals surface area contributed by atoms with Gasteiger partial charge in [0.05, 0.1) is 38.6 Å². The van der Waals surface area contributed by atoms with Gasteiger partial charge in [0, 0.05) is 0 Å². The summed E-state index contributed by atoms with van der Waals surface area (Å²) in [4.78, 5) is 0. The lowest BCUT2D eigenvalue weighted by Crippen LogP contribution is -2.15. The molecule has 0 radical (unpaired) electrons. The molecule has 8 heteroatoms. The van der Waals surface area contributed by atoms with E-state index in [0.717, 1.165) is 36.8 Å². The zero-order valence-electron chi connectivity index (χ0n) is 22.9. The van der Waals surface area contributed by atoms with Crippen LogP contribution in [0.3, 0.4) is 0 Å². The van der Waals surface area contributed by atoms with Gasteiger partial charge < -0.3 is 38.6 Å². The van der Waals surface area contributed by atoms with Crippen LogP contribution in [0.1, 0.15) is 63.2 Å². The van der Waals surface area contributed by atoms with E-state index < -0.39 is 6.10 Å². The van der Waals surface area contributed by atoms with Crippen LogP contribution in [0.25, 0.3) is 0 Å². The van der Waals surface area contributed by atoms with Crippen molar-refractivity contribution >= 4 is 0 Å². The van der Waals surface area contributed by atoms with Crippen molar-refractivity contribution in [3.8, 4) is 23.0 Å². The predicted octanol–water partition coefficient (Wildman–Crippen LogP) is 4.88. The number of unbranched alkanes of at least 4 members (excludes halogenated alkanes) is 1. The summed E-state index contributed by atoms with van der Waals surface area (Å²) in [6.07, 6.45) is 4.07. The molecule has 0 spiro atoms. The maximum Gasteiger partial charge on any atom is 0.161 e. The fourth-order valence-electron chi connectivity index (χ4n) is 4.05. The minimum absolute atomic E-state index is 0.302. The monoisotopic (exact) mass is 532 g/mol. The molecule has 38 heavy (non-hydrogen) atoms. The van der Waals surface area contributed by atoms with E-state index in [0.29, 0.717) is 88.7 Å². The topological polar surface area (TPSA) is 95.8 Å². The summed E-state index contributed by atoms with van der Waals surface area (Å²) < 4.78 is 35.2. The summed E-state index contributed by atoms with van der Waals surface area (Å²) in [5.74, 6) is 2.50. The molecule has 0 saturated heterocycles. The second-order valence-electron chi connectivity index (χ2n) is 9.36. The van der Waals surface area contributed by atoms with Crippen LogP contribution in [0.4, 0.5) is 0 Å². The highest BCUT2D eigenvalue weighted by Crippen LogP contribution is 2.32. The Morgan fingerprint density at radius 1 is 0.658 bits per heavy atom. The van der Waals surface area contributed by atoms with Crippen LogP contribution in [0.2, 0.25) is 0 Å². The van der Waals surface area contributed by atoms with E-state index >= 15 is 0 Å². The van der Waals surface area contributed by atoms with E-state index in [4.69, 9.17) is 28.4 Å². The SMILES string of the molecule is CCCC[C@H](O)c1ccc2c(c1)OCCOCCOc1cc(CC[C@@H](O)CC)ccc1OCCOCCO2. The molecule has 0 fully saturated rings. The van der Waals surface area contributed by atoms with Gasteiger partial charge in [0.1, 0.15) is 26.4 Å². The number of benzene rings is 2. The van der Waals surface area contributed by atoms with Crippen LogP contribution in [-0.2, 0) is 15.9 Å². The number of hydrogen-bond acceptors (Lipinski definition) is 8. The Labute approximate surface area is 226 Å². The molecule has 0 aliphatic carbocycles. The lowest BCUT2D eigenvalue weighted by atomic mass is 10.0. The molecule has 212 valence electrons. The fourth-order valence-corrected chi connectivity index (χ4v) is 4.05. The summed E-state index contributed by atoms with van der Waals surface area (Å²) in [5, 5.41) is 20.4. The summed E-state index contributed by atoms with van der Waals surface area (Å²) in [5.41, 5.74) is 1.90.